The highest BCUT2D eigenvalue weighted by molar-refractivity contribution is 7.56. The van der Waals surface area contributed by atoms with Gasteiger partial charge in [0.05, 0.1) is 10.0 Å². The maximum atomic E-state index is 13.5. The van der Waals surface area contributed by atoms with Crippen LogP contribution in [0, 0.1) is 13.8 Å². The van der Waals surface area contributed by atoms with E-state index in [1.165, 1.54) is 0 Å². The molecule has 0 aromatic heterocycles. The molecule has 0 amide bonds. The first-order valence-corrected chi connectivity index (χ1v) is 10.5. The fourth-order valence-corrected chi connectivity index (χ4v) is 4.21. The lowest BCUT2D eigenvalue weighted by Crippen LogP contribution is -2.10. The van der Waals surface area contributed by atoms with Crippen LogP contribution in [0.4, 0.5) is 5.69 Å². The molecule has 140 valence electrons. The molecule has 0 atom stereocenters. The maximum absolute atomic E-state index is 13.5. The molecule has 0 radical (unpaired) electrons. The van der Waals surface area contributed by atoms with E-state index in [0.29, 0.717) is 15.7 Å². The van der Waals surface area contributed by atoms with Gasteiger partial charge in [-0.15, -0.1) is 0 Å². The summed E-state index contributed by atoms with van der Waals surface area (Å²) in [5, 5.41) is 3.51. The zero-order valence-corrected chi connectivity index (χ0v) is 17.2. The molecular formula is C20H18Cl2NO3P. The molecule has 0 heterocycles. The van der Waals surface area contributed by atoms with E-state index in [1.54, 1.807) is 54.6 Å². The number of halogens is 2. The molecule has 0 unspecified atom stereocenters. The summed E-state index contributed by atoms with van der Waals surface area (Å²) in [5.74, 6) is 0.483. The monoisotopic (exact) mass is 421 g/mol. The molecule has 0 fully saturated rings. The van der Waals surface area contributed by atoms with Gasteiger partial charge in [0.15, 0.2) is 11.5 Å². The zero-order chi connectivity index (χ0) is 19.4. The van der Waals surface area contributed by atoms with Gasteiger partial charge in [0.2, 0.25) is 0 Å². The summed E-state index contributed by atoms with van der Waals surface area (Å²) in [4.78, 5) is 0. The fourth-order valence-electron chi connectivity index (χ4n) is 2.33. The summed E-state index contributed by atoms with van der Waals surface area (Å²) >= 11 is 12.3. The van der Waals surface area contributed by atoms with E-state index < -0.39 is 7.75 Å². The Morgan fingerprint density at radius 3 is 1.78 bits per heavy atom. The molecule has 0 saturated heterocycles. The molecule has 4 nitrogen and oxygen atoms in total. The van der Waals surface area contributed by atoms with Crippen LogP contribution in [-0.4, -0.2) is 0 Å². The third-order valence-corrected chi connectivity index (χ3v) is 5.91. The van der Waals surface area contributed by atoms with Crippen LogP contribution in [0.5, 0.6) is 11.5 Å². The van der Waals surface area contributed by atoms with Gasteiger partial charge in [-0.1, -0.05) is 53.5 Å². The molecule has 0 saturated carbocycles. The Morgan fingerprint density at radius 2 is 1.30 bits per heavy atom. The molecule has 0 aliphatic rings. The Hall–Kier alpha value is -2.13. The summed E-state index contributed by atoms with van der Waals surface area (Å²) in [7, 11) is -3.89. The Balaban J connectivity index is 1.97. The Labute approximate surface area is 168 Å². The van der Waals surface area contributed by atoms with Crippen molar-refractivity contribution in [3.8, 4) is 11.5 Å². The summed E-state index contributed by atoms with van der Waals surface area (Å²) < 4.78 is 24.9. The first-order valence-electron chi connectivity index (χ1n) is 8.20. The number of rotatable bonds is 6. The average Bonchev–Trinajstić information content (AvgIpc) is 2.62. The first-order chi connectivity index (χ1) is 12.9. The number of benzene rings is 3. The molecule has 1 N–H and O–H groups in total. The summed E-state index contributed by atoms with van der Waals surface area (Å²) in [5.41, 5.74) is 2.76. The molecule has 0 bridgehead atoms. The number of hydrogen-bond donors (Lipinski definition) is 1. The van der Waals surface area contributed by atoms with Crippen LogP contribution in [-0.2, 0) is 4.57 Å². The number of para-hydroxylation sites is 2. The second-order valence-corrected chi connectivity index (χ2v) is 8.35. The molecule has 3 aromatic rings. The maximum Gasteiger partial charge on any atom is 0.541 e. The summed E-state index contributed by atoms with van der Waals surface area (Å²) in [6.07, 6.45) is 0. The van der Waals surface area contributed by atoms with Crippen LogP contribution in [0.25, 0.3) is 0 Å². The molecule has 3 rings (SSSR count). The van der Waals surface area contributed by atoms with Gasteiger partial charge in [-0.3, -0.25) is 5.09 Å². The highest BCUT2D eigenvalue weighted by atomic mass is 35.5. The van der Waals surface area contributed by atoms with Crippen LogP contribution in [0.15, 0.2) is 66.7 Å². The highest BCUT2D eigenvalue weighted by Gasteiger charge is 2.31. The SMILES string of the molecule is Cc1ccc(NP(=O)(Oc2ccccc2Cl)Oc2ccccc2Cl)cc1C. The molecular weight excluding hydrogens is 404 g/mol. The second-order valence-electron chi connectivity index (χ2n) is 5.95. The van der Waals surface area contributed by atoms with E-state index in [-0.39, 0.29) is 11.5 Å². The van der Waals surface area contributed by atoms with Gasteiger partial charge < -0.3 is 9.05 Å². The molecule has 27 heavy (non-hydrogen) atoms. The normalized spacial score (nSPS) is 11.1. The molecule has 0 aliphatic heterocycles. The second kappa shape index (κ2) is 8.26. The zero-order valence-electron chi connectivity index (χ0n) is 14.8. The Morgan fingerprint density at radius 1 is 0.778 bits per heavy atom. The quantitative estimate of drug-likeness (QED) is 0.424. The molecule has 7 heteroatoms. The van der Waals surface area contributed by atoms with Crippen molar-refractivity contribution in [2.45, 2.75) is 13.8 Å². The van der Waals surface area contributed by atoms with Crippen LogP contribution in [0.1, 0.15) is 11.1 Å². The predicted octanol–water partition coefficient (Wildman–Crippen LogP) is 7.29. The van der Waals surface area contributed by atoms with Crippen LogP contribution in [0.2, 0.25) is 10.0 Å². The Kier molecular flexibility index (Phi) is 6.01. The number of hydrogen-bond acceptors (Lipinski definition) is 3. The minimum absolute atomic E-state index is 0.242. The summed E-state index contributed by atoms with van der Waals surface area (Å²) in [6, 6.07) is 19.1. The van der Waals surface area contributed by atoms with Crippen LogP contribution in [0.3, 0.4) is 0 Å². The Bertz CT molecular complexity index is 959. The lowest BCUT2D eigenvalue weighted by molar-refractivity contribution is 0.393. The lowest BCUT2D eigenvalue weighted by atomic mass is 10.1. The topological polar surface area (TPSA) is 47.6 Å². The van der Waals surface area contributed by atoms with Gasteiger partial charge in [0.1, 0.15) is 0 Å². The van der Waals surface area contributed by atoms with Crippen LogP contribution >= 0.6 is 30.9 Å². The minimum Gasteiger partial charge on any atom is -0.399 e. The van der Waals surface area contributed by atoms with E-state index in [2.05, 4.69) is 5.09 Å². The largest absolute Gasteiger partial charge is 0.541 e. The van der Waals surface area contributed by atoms with Crippen molar-refractivity contribution in [1.82, 2.24) is 0 Å². The number of anilines is 1. The van der Waals surface area contributed by atoms with Crippen molar-refractivity contribution >= 4 is 36.6 Å². The predicted molar refractivity (Wildman–Crippen MR) is 111 cm³/mol. The molecule has 0 spiro atoms. The van der Waals surface area contributed by atoms with E-state index in [9.17, 15) is 4.57 Å². The van der Waals surface area contributed by atoms with Crippen molar-refractivity contribution < 1.29 is 13.6 Å². The number of aryl methyl sites for hydroxylation is 2. The number of nitrogens with one attached hydrogen (secondary N) is 1. The summed E-state index contributed by atoms with van der Waals surface area (Å²) in [6.45, 7) is 3.97. The molecule has 0 aliphatic carbocycles. The van der Waals surface area contributed by atoms with Crippen LogP contribution < -0.4 is 14.1 Å². The van der Waals surface area contributed by atoms with Gasteiger partial charge in [0.25, 0.3) is 0 Å². The molecule has 3 aromatic carbocycles. The van der Waals surface area contributed by atoms with Crippen molar-refractivity contribution in [2.75, 3.05) is 5.09 Å². The first kappa shape index (κ1) is 19.6. The van der Waals surface area contributed by atoms with E-state index >= 15 is 0 Å². The highest BCUT2D eigenvalue weighted by Crippen LogP contribution is 2.51. The standard InChI is InChI=1S/C20H18Cl2NO3P/c1-14-11-12-16(13-15(14)2)23-27(24,25-19-9-5-3-7-17(19)21)26-20-10-6-4-8-18(20)22/h3-13H,1-2H3,(H,23,24). The van der Waals surface area contributed by atoms with E-state index in [1.807, 2.05) is 26.0 Å². The van der Waals surface area contributed by atoms with E-state index in [4.69, 9.17) is 32.2 Å². The third-order valence-electron chi connectivity index (χ3n) is 3.88. The average molecular weight is 422 g/mol. The van der Waals surface area contributed by atoms with Gasteiger partial charge in [-0.05, 0) is 61.4 Å². The van der Waals surface area contributed by atoms with E-state index in [0.717, 1.165) is 11.1 Å². The van der Waals surface area contributed by atoms with Crippen molar-refractivity contribution in [3.63, 3.8) is 0 Å². The van der Waals surface area contributed by atoms with Gasteiger partial charge in [-0.2, -0.15) is 0 Å². The third kappa shape index (κ3) is 4.98. The van der Waals surface area contributed by atoms with Gasteiger partial charge in [-0.25, -0.2) is 4.57 Å². The van der Waals surface area contributed by atoms with Crippen molar-refractivity contribution in [2.24, 2.45) is 0 Å². The van der Waals surface area contributed by atoms with Crippen molar-refractivity contribution in [1.29, 1.82) is 0 Å². The minimum atomic E-state index is -3.89. The van der Waals surface area contributed by atoms with Crippen molar-refractivity contribution in [3.05, 3.63) is 87.9 Å². The fraction of sp³-hybridized carbons (Fsp3) is 0.100. The lowest BCUT2D eigenvalue weighted by Gasteiger charge is -2.22. The van der Waals surface area contributed by atoms with Gasteiger partial charge in [0, 0.05) is 5.69 Å². The smallest absolute Gasteiger partial charge is 0.399 e. The van der Waals surface area contributed by atoms with Gasteiger partial charge >= 0.3 is 7.75 Å².